The van der Waals surface area contributed by atoms with Crippen molar-refractivity contribution in [1.29, 1.82) is 0 Å². The summed E-state index contributed by atoms with van der Waals surface area (Å²) in [6.07, 6.45) is 5.22. The lowest BCUT2D eigenvalue weighted by Crippen LogP contribution is -2.38. The van der Waals surface area contributed by atoms with Gasteiger partial charge in [-0.3, -0.25) is 9.59 Å². The zero-order valence-corrected chi connectivity index (χ0v) is 11.9. The van der Waals surface area contributed by atoms with E-state index in [1.54, 1.807) is 6.07 Å². The van der Waals surface area contributed by atoms with Crippen molar-refractivity contribution in [3.05, 3.63) is 33.2 Å². The minimum absolute atomic E-state index is 0.0271. The number of aliphatic hydroxyl groups excluding tert-OH is 1. The third kappa shape index (κ3) is 3.28. The minimum atomic E-state index is -0.347. The van der Waals surface area contributed by atoms with Crippen LogP contribution in [0, 0.1) is 0 Å². The predicted molar refractivity (Wildman–Crippen MR) is 77.0 cm³/mol. The second-order valence-electron chi connectivity index (χ2n) is 5.31. The van der Waals surface area contributed by atoms with E-state index in [2.05, 4.69) is 10.3 Å². The van der Waals surface area contributed by atoms with E-state index < -0.39 is 0 Å². The van der Waals surface area contributed by atoms with E-state index in [0.717, 1.165) is 43.4 Å². The number of aryl methyl sites for hydroxylation is 2. The zero-order valence-electron chi connectivity index (χ0n) is 11.9. The van der Waals surface area contributed by atoms with Gasteiger partial charge in [0, 0.05) is 18.3 Å². The number of rotatable bonds is 5. The molecular weight excluding hydrogens is 256 g/mol. The van der Waals surface area contributed by atoms with Gasteiger partial charge in [-0.05, 0) is 50.2 Å². The summed E-state index contributed by atoms with van der Waals surface area (Å²) in [5.74, 6) is -0.347. The Labute approximate surface area is 118 Å². The van der Waals surface area contributed by atoms with Crippen LogP contribution in [0.3, 0.4) is 0 Å². The Kier molecular flexibility index (Phi) is 4.95. The lowest BCUT2D eigenvalue weighted by molar-refractivity contribution is 0.0927. The number of H-pyrrole nitrogens is 1. The van der Waals surface area contributed by atoms with Crippen molar-refractivity contribution in [3.63, 3.8) is 0 Å². The third-order valence-corrected chi connectivity index (χ3v) is 3.89. The maximum atomic E-state index is 12.2. The molecule has 0 aromatic carbocycles. The van der Waals surface area contributed by atoms with Crippen LogP contribution in [-0.2, 0) is 12.8 Å². The molecule has 1 aliphatic carbocycles. The number of hydrogen-bond donors (Lipinski definition) is 3. The minimum Gasteiger partial charge on any atom is -0.396 e. The summed E-state index contributed by atoms with van der Waals surface area (Å²) in [5.41, 5.74) is 1.92. The Hall–Kier alpha value is -1.62. The molecule has 5 nitrogen and oxygen atoms in total. The number of carbonyl (C=O) groups excluding carboxylic acids is 1. The molecule has 110 valence electrons. The highest BCUT2D eigenvalue weighted by atomic mass is 16.3. The fourth-order valence-corrected chi connectivity index (χ4v) is 2.64. The van der Waals surface area contributed by atoms with E-state index in [4.69, 9.17) is 5.11 Å². The summed E-state index contributed by atoms with van der Waals surface area (Å²) in [6.45, 7) is 1.97. The first-order chi connectivity index (χ1) is 9.65. The quantitative estimate of drug-likeness (QED) is 0.755. The average molecular weight is 278 g/mol. The lowest BCUT2D eigenvalue weighted by atomic mass is 9.95. The Bertz CT molecular complexity index is 536. The number of nitrogens with one attached hydrogen (secondary N) is 2. The molecule has 1 atom stereocenters. The van der Waals surface area contributed by atoms with Crippen molar-refractivity contribution in [2.75, 3.05) is 6.61 Å². The molecule has 1 aromatic rings. The van der Waals surface area contributed by atoms with E-state index in [1.165, 1.54) is 0 Å². The molecule has 0 spiro atoms. The first-order valence-electron chi connectivity index (χ1n) is 7.32. The summed E-state index contributed by atoms with van der Waals surface area (Å²) >= 11 is 0. The summed E-state index contributed by atoms with van der Waals surface area (Å²) in [5, 5.41) is 11.8. The van der Waals surface area contributed by atoms with Crippen LogP contribution in [0.25, 0.3) is 0 Å². The van der Waals surface area contributed by atoms with E-state index in [-0.39, 0.29) is 29.7 Å². The molecular formula is C15H22N2O3. The standard InChI is InChI=1S/C15H22N2O3/c1-2-11(7-8-18)16-14(19)12-9-10-5-3-4-6-13(10)17-15(12)20/h9,11,18H,2-8H2,1H3,(H,16,19)(H,17,20). The topological polar surface area (TPSA) is 82.2 Å². The second kappa shape index (κ2) is 6.70. The smallest absolute Gasteiger partial charge is 0.261 e. The third-order valence-electron chi connectivity index (χ3n) is 3.89. The monoisotopic (exact) mass is 278 g/mol. The molecule has 1 aromatic heterocycles. The van der Waals surface area contributed by atoms with Crippen molar-refractivity contribution >= 4 is 5.91 Å². The molecule has 0 radical (unpaired) electrons. The van der Waals surface area contributed by atoms with Crippen molar-refractivity contribution in [2.24, 2.45) is 0 Å². The molecule has 20 heavy (non-hydrogen) atoms. The van der Waals surface area contributed by atoms with Crippen molar-refractivity contribution in [3.8, 4) is 0 Å². The SMILES string of the molecule is CCC(CCO)NC(=O)c1cc2c([nH]c1=O)CCCC2. The van der Waals surface area contributed by atoms with Gasteiger partial charge in [-0.2, -0.15) is 0 Å². The van der Waals surface area contributed by atoms with Crippen LogP contribution >= 0.6 is 0 Å². The van der Waals surface area contributed by atoms with Gasteiger partial charge in [0.05, 0.1) is 0 Å². The molecule has 1 aliphatic rings. The first kappa shape index (κ1) is 14.8. The molecule has 0 saturated heterocycles. The Balaban J connectivity index is 2.19. The molecule has 2 rings (SSSR count). The highest BCUT2D eigenvalue weighted by Crippen LogP contribution is 2.18. The van der Waals surface area contributed by atoms with Gasteiger partial charge in [-0.25, -0.2) is 0 Å². The molecule has 1 heterocycles. The van der Waals surface area contributed by atoms with E-state index >= 15 is 0 Å². The lowest BCUT2D eigenvalue weighted by Gasteiger charge is -2.18. The molecule has 1 amide bonds. The fraction of sp³-hybridized carbons (Fsp3) is 0.600. The first-order valence-corrected chi connectivity index (χ1v) is 7.32. The van der Waals surface area contributed by atoms with Gasteiger partial charge in [-0.1, -0.05) is 6.92 Å². The van der Waals surface area contributed by atoms with Gasteiger partial charge in [0.2, 0.25) is 0 Å². The van der Waals surface area contributed by atoms with Gasteiger partial charge in [0.15, 0.2) is 0 Å². The fourth-order valence-electron chi connectivity index (χ4n) is 2.64. The number of carbonyl (C=O) groups is 1. The summed E-state index contributed by atoms with van der Waals surface area (Å²) in [7, 11) is 0. The summed E-state index contributed by atoms with van der Waals surface area (Å²) in [6, 6.07) is 1.64. The maximum Gasteiger partial charge on any atom is 0.261 e. The van der Waals surface area contributed by atoms with Crippen molar-refractivity contribution < 1.29 is 9.90 Å². The highest BCUT2D eigenvalue weighted by molar-refractivity contribution is 5.94. The maximum absolute atomic E-state index is 12.2. The van der Waals surface area contributed by atoms with Gasteiger partial charge in [-0.15, -0.1) is 0 Å². The average Bonchev–Trinajstić information content (AvgIpc) is 2.45. The number of aliphatic hydroxyl groups is 1. The second-order valence-corrected chi connectivity index (χ2v) is 5.31. The molecule has 5 heteroatoms. The van der Waals surface area contributed by atoms with Crippen LogP contribution in [0.2, 0.25) is 0 Å². The Morgan fingerprint density at radius 1 is 1.45 bits per heavy atom. The number of aromatic nitrogens is 1. The van der Waals surface area contributed by atoms with Crippen LogP contribution in [0.4, 0.5) is 0 Å². The van der Waals surface area contributed by atoms with Gasteiger partial charge in [0.1, 0.15) is 5.56 Å². The highest BCUT2D eigenvalue weighted by Gasteiger charge is 2.18. The van der Waals surface area contributed by atoms with E-state index in [0.29, 0.717) is 6.42 Å². The zero-order chi connectivity index (χ0) is 14.5. The van der Waals surface area contributed by atoms with E-state index in [9.17, 15) is 9.59 Å². The molecule has 3 N–H and O–H groups in total. The van der Waals surface area contributed by atoms with Gasteiger partial charge in [0.25, 0.3) is 11.5 Å². The van der Waals surface area contributed by atoms with Crippen molar-refractivity contribution in [2.45, 2.75) is 51.5 Å². The van der Waals surface area contributed by atoms with Crippen LogP contribution in [0.15, 0.2) is 10.9 Å². The number of pyridine rings is 1. The number of amides is 1. The van der Waals surface area contributed by atoms with Crippen LogP contribution in [0.1, 0.15) is 54.2 Å². The summed E-state index contributed by atoms with van der Waals surface area (Å²) in [4.78, 5) is 27.0. The van der Waals surface area contributed by atoms with Crippen molar-refractivity contribution in [1.82, 2.24) is 10.3 Å². The molecule has 0 fully saturated rings. The predicted octanol–water partition coefficient (Wildman–Crippen LogP) is 1.14. The van der Waals surface area contributed by atoms with E-state index in [1.807, 2.05) is 6.92 Å². The van der Waals surface area contributed by atoms with Gasteiger partial charge < -0.3 is 15.4 Å². The van der Waals surface area contributed by atoms with Crippen LogP contribution in [-0.4, -0.2) is 28.6 Å². The molecule has 0 bridgehead atoms. The largest absolute Gasteiger partial charge is 0.396 e. The number of aromatic amines is 1. The number of hydrogen-bond acceptors (Lipinski definition) is 3. The molecule has 0 aliphatic heterocycles. The Morgan fingerprint density at radius 3 is 2.90 bits per heavy atom. The normalized spacial score (nSPS) is 15.5. The van der Waals surface area contributed by atoms with Crippen LogP contribution < -0.4 is 10.9 Å². The van der Waals surface area contributed by atoms with Crippen LogP contribution in [0.5, 0.6) is 0 Å². The molecule has 1 unspecified atom stereocenters. The van der Waals surface area contributed by atoms with Gasteiger partial charge >= 0.3 is 0 Å². The summed E-state index contributed by atoms with van der Waals surface area (Å²) < 4.78 is 0. The molecule has 0 saturated carbocycles. The number of fused-ring (bicyclic) bond motifs is 1. The Morgan fingerprint density at radius 2 is 2.20 bits per heavy atom.